The average molecular weight is 176 g/mol. The third-order valence-electron chi connectivity index (χ3n) is 1.09. The number of imidazole rings is 1. The fourth-order valence-corrected chi connectivity index (χ4v) is 1.28. The minimum Gasteiger partial charge on any atom is -0.345 e. The SMILES string of the molecule is Cc1ncc(CS(=O)(=O)O)[nH]1. The smallest absolute Gasteiger partial charge is 0.270 e. The normalized spacial score (nSPS) is 11.8. The Morgan fingerprint density at radius 3 is 2.73 bits per heavy atom. The highest BCUT2D eigenvalue weighted by atomic mass is 32.2. The topological polar surface area (TPSA) is 83.1 Å². The van der Waals surface area contributed by atoms with E-state index in [9.17, 15) is 8.42 Å². The number of hydrogen-bond donors (Lipinski definition) is 2. The lowest BCUT2D eigenvalue weighted by Gasteiger charge is -1.90. The van der Waals surface area contributed by atoms with Gasteiger partial charge in [-0.1, -0.05) is 0 Å². The molecule has 0 aliphatic carbocycles. The largest absolute Gasteiger partial charge is 0.345 e. The number of rotatable bonds is 2. The number of nitrogens with one attached hydrogen (secondary N) is 1. The van der Waals surface area contributed by atoms with E-state index in [-0.39, 0.29) is 0 Å². The van der Waals surface area contributed by atoms with Crippen molar-refractivity contribution in [3.8, 4) is 0 Å². The van der Waals surface area contributed by atoms with Crippen LogP contribution < -0.4 is 0 Å². The highest BCUT2D eigenvalue weighted by molar-refractivity contribution is 7.84. The van der Waals surface area contributed by atoms with Gasteiger partial charge >= 0.3 is 0 Å². The lowest BCUT2D eigenvalue weighted by molar-refractivity contribution is 0.481. The number of aryl methyl sites for hydroxylation is 1. The predicted octanol–water partition coefficient (Wildman–Crippen LogP) is 0.106. The molecule has 0 unspecified atom stereocenters. The lowest BCUT2D eigenvalue weighted by atomic mass is 10.6. The summed E-state index contributed by atoms with van der Waals surface area (Å²) in [6.45, 7) is 1.70. The molecule has 2 N–H and O–H groups in total. The lowest BCUT2D eigenvalue weighted by Crippen LogP contribution is -2.01. The number of aromatic nitrogens is 2. The average Bonchev–Trinajstić information content (AvgIpc) is 2.10. The second kappa shape index (κ2) is 2.63. The van der Waals surface area contributed by atoms with Crippen molar-refractivity contribution in [3.63, 3.8) is 0 Å². The molecule has 0 aliphatic heterocycles. The van der Waals surface area contributed by atoms with Gasteiger partial charge in [0, 0.05) is 6.20 Å². The third-order valence-corrected chi connectivity index (χ3v) is 1.77. The molecule has 0 amide bonds. The van der Waals surface area contributed by atoms with Gasteiger partial charge in [-0.15, -0.1) is 0 Å². The molecular formula is C5H8N2O3S. The van der Waals surface area contributed by atoms with E-state index in [0.29, 0.717) is 11.5 Å². The molecule has 6 heteroatoms. The van der Waals surface area contributed by atoms with Crippen LogP contribution in [-0.2, 0) is 15.9 Å². The zero-order valence-corrected chi connectivity index (χ0v) is 6.72. The van der Waals surface area contributed by atoms with Crippen molar-refractivity contribution in [2.45, 2.75) is 12.7 Å². The van der Waals surface area contributed by atoms with Gasteiger partial charge in [0.2, 0.25) is 0 Å². The molecule has 0 fully saturated rings. The number of H-pyrrole nitrogens is 1. The first-order valence-electron chi connectivity index (χ1n) is 2.93. The van der Waals surface area contributed by atoms with E-state index in [1.807, 2.05) is 0 Å². The third kappa shape index (κ3) is 2.69. The van der Waals surface area contributed by atoms with Gasteiger partial charge in [-0.05, 0) is 6.92 Å². The van der Waals surface area contributed by atoms with Gasteiger partial charge in [0.05, 0.1) is 5.69 Å². The van der Waals surface area contributed by atoms with Gasteiger partial charge < -0.3 is 4.98 Å². The first-order chi connectivity index (χ1) is 4.97. The van der Waals surface area contributed by atoms with E-state index in [1.54, 1.807) is 6.92 Å². The Morgan fingerprint density at radius 1 is 1.73 bits per heavy atom. The standard InChI is InChI=1S/C5H8N2O3S/c1-4-6-2-5(7-4)3-11(8,9)10/h2H,3H2,1H3,(H,6,7)(H,8,9,10). The quantitative estimate of drug-likeness (QED) is 0.626. The molecule has 1 heterocycles. The summed E-state index contributed by atoms with van der Waals surface area (Å²) in [4.78, 5) is 6.45. The van der Waals surface area contributed by atoms with Crippen LogP contribution in [0.5, 0.6) is 0 Å². The zero-order valence-electron chi connectivity index (χ0n) is 5.90. The second-order valence-electron chi connectivity index (χ2n) is 2.22. The van der Waals surface area contributed by atoms with Gasteiger partial charge in [-0.3, -0.25) is 4.55 Å². The maximum Gasteiger partial charge on any atom is 0.270 e. The minimum atomic E-state index is -3.94. The van der Waals surface area contributed by atoms with Crippen molar-refractivity contribution in [1.29, 1.82) is 0 Å². The van der Waals surface area contributed by atoms with Gasteiger partial charge in [-0.25, -0.2) is 4.98 Å². The Hall–Kier alpha value is -0.880. The van der Waals surface area contributed by atoms with Crippen molar-refractivity contribution in [3.05, 3.63) is 17.7 Å². The summed E-state index contributed by atoms with van der Waals surface area (Å²) < 4.78 is 29.0. The van der Waals surface area contributed by atoms with Gasteiger partial charge in [-0.2, -0.15) is 8.42 Å². The molecule has 0 saturated heterocycles. The summed E-state index contributed by atoms with van der Waals surface area (Å²) in [6, 6.07) is 0. The summed E-state index contributed by atoms with van der Waals surface area (Å²) in [5, 5.41) is 0. The van der Waals surface area contributed by atoms with Crippen molar-refractivity contribution < 1.29 is 13.0 Å². The molecule has 0 spiro atoms. The fraction of sp³-hybridized carbons (Fsp3) is 0.400. The van der Waals surface area contributed by atoms with Crippen molar-refractivity contribution >= 4 is 10.1 Å². The monoisotopic (exact) mass is 176 g/mol. The molecule has 62 valence electrons. The highest BCUT2D eigenvalue weighted by Crippen LogP contribution is 2.00. The summed E-state index contributed by atoms with van der Waals surface area (Å²) in [6.07, 6.45) is 1.38. The summed E-state index contributed by atoms with van der Waals surface area (Å²) in [5.74, 6) is 0.219. The molecule has 0 aromatic carbocycles. The van der Waals surface area contributed by atoms with Crippen LogP contribution in [-0.4, -0.2) is 22.9 Å². The molecule has 1 rings (SSSR count). The summed E-state index contributed by atoms with van der Waals surface area (Å²) in [7, 11) is -3.94. The molecule has 0 aliphatic rings. The van der Waals surface area contributed by atoms with Crippen LogP contribution in [0.3, 0.4) is 0 Å². The van der Waals surface area contributed by atoms with Crippen molar-refractivity contribution in [2.24, 2.45) is 0 Å². The first-order valence-corrected chi connectivity index (χ1v) is 4.54. The Bertz CT molecular complexity index is 340. The summed E-state index contributed by atoms with van der Waals surface area (Å²) >= 11 is 0. The fourth-order valence-electron chi connectivity index (χ4n) is 0.742. The molecule has 1 aromatic heterocycles. The first kappa shape index (κ1) is 8.22. The van der Waals surface area contributed by atoms with Gasteiger partial charge in [0.1, 0.15) is 11.6 Å². The van der Waals surface area contributed by atoms with E-state index >= 15 is 0 Å². The molecule has 0 saturated carbocycles. The van der Waals surface area contributed by atoms with Crippen LogP contribution in [0.2, 0.25) is 0 Å². The zero-order chi connectivity index (χ0) is 8.48. The second-order valence-corrected chi connectivity index (χ2v) is 3.67. The maximum absolute atomic E-state index is 10.3. The van der Waals surface area contributed by atoms with E-state index in [0.717, 1.165) is 0 Å². The van der Waals surface area contributed by atoms with Crippen LogP contribution in [0.25, 0.3) is 0 Å². The van der Waals surface area contributed by atoms with Gasteiger partial charge in [0.15, 0.2) is 0 Å². The van der Waals surface area contributed by atoms with Crippen LogP contribution >= 0.6 is 0 Å². The highest BCUT2D eigenvalue weighted by Gasteiger charge is 2.07. The predicted molar refractivity (Wildman–Crippen MR) is 38.6 cm³/mol. The molecular weight excluding hydrogens is 168 g/mol. The Morgan fingerprint density at radius 2 is 2.36 bits per heavy atom. The summed E-state index contributed by atoms with van der Waals surface area (Å²) in [5.41, 5.74) is 0.394. The van der Waals surface area contributed by atoms with E-state index in [4.69, 9.17) is 4.55 Å². The van der Waals surface area contributed by atoms with Crippen LogP contribution in [0.1, 0.15) is 11.5 Å². The Balaban J connectivity index is 2.81. The number of hydrogen-bond acceptors (Lipinski definition) is 3. The molecule has 5 nitrogen and oxygen atoms in total. The van der Waals surface area contributed by atoms with Crippen LogP contribution in [0.15, 0.2) is 6.20 Å². The number of aromatic amines is 1. The molecule has 1 aromatic rings. The van der Waals surface area contributed by atoms with Crippen LogP contribution in [0.4, 0.5) is 0 Å². The maximum atomic E-state index is 10.3. The van der Waals surface area contributed by atoms with Crippen LogP contribution in [0, 0.1) is 6.92 Å². The van der Waals surface area contributed by atoms with Crippen molar-refractivity contribution in [2.75, 3.05) is 0 Å². The van der Waals surface area contributed by atoms with E-state index in [1.165, 1.54) is 6.20 Å². The molecule has 0 atom stereocenters. The van der Waals surface area contributed by atoms with Gasteiger partial charge in [0.25, 0.3) is 10.1 Å². The van der Waals surface area contributed by atoms with E-state index in [2.05, 4.69) is 9.97 Å². The number of nitrogens with zero attached hydrogens (tertiary/aromatic N) is 1. The molecule has 0 bridgehead atoms. The molecule has 11 heavy (non-hydrogen) atoms. The van der Waals surface area contributed by atoms with E-state index < -0.39 is 15.9 Å². The molecule has 0 radical (unpaired) electrons. The Kier molecular flexibility index (Phi) is 1.97. The Labute approximate surface area is 64.2 Å². The van der Waals surface area contributed by atoms with Crippen molar-refractivity contribution in [1.82, 2.24) is 9.97 Å². The minimum absolute atomic E-state index is 0.394.